The second-order valence-electron chi connectivity index (χ2n) is 5.39. The fraction of sp³-hybridized carbons (Fsp3) is 0.176. The summed E-state index contributed by atoms with van der Waals surface area (Å²) in [7, 11) is 1.54. The van der Waals surface area contributed by atoms with E-state index in [1.807, 2.05) is 19.1 Å². The van der Waals surface area contributed by atoms with Crippen molar-refractivity contribution in [2.75, 3.05) is 19.6 Å². The maximum absolute atomic E-state index is 11.8. The molecular weight excluding hydrogens is 354 g/mol. The van der Waals surface area contributed by atoms with Gasteiger partial charge in [-0.15, -0.1) is 11.3 Å². The molecule has 8 nitrogen and oxygen atoms in total. The van der Waals surface area contributed by atoms with Crippen LogP contribution in [0.25, 0.3) is 22.1 Å². The van der Waals surface area contributed by atoms with Crippen LogP contribution in [-0.4, -0.2) is 34.8 Å². The van der Waals surface area contributed by atoms with Crippen molar-refractivity contribution in [3.63, 3.8) is 0 Å². The Kier molecular flexibility index (Phi) is 5.10. The summed E-state index contributed by atoms with van der Waals surface area (Å²) in [5, 5.41) is 2.36. The number of hydrogen-bond acceptors (Lipinski definition) is 8. The first-order chi connectivity index (χ1) is 12.5. The van der Waals surface area contributed by atoms with E-state index < -0.39 is 5.91 Å². The number of thiazole rings is 1. The van der Waals surface area contributed by atoms with Gasteiger partial charge in [0.2, 0.25) is 0 Å². The number of ether oxygens (including phenoxy) is 2. The van der Waals surface area contributed by atoms with Crippen LogP contribution >= 0.6 is 11.3 Å². The minimum absolute atomic E-state index is 0.0391. The summed E-state index contributed by atoms with van der Waals surface area (Å²) in [4.78, 5) is 24.7. The number of primary amides is 1. The molecule has 4 N–H and O–H groups in total. The minimum Gasteiger partial charge on any atom is -0.468 e. The molecule has 0 radical (unpaired) electrons. The Morgan fingerprint density at radius 1 is 1.31 bits per heavy atom. The quantitative estimate of drug-likeness (QED) is 0.636. The third-order valence-corrected chi connectivity index (χ3v) is 4.38. The Labute approximate surface area is 153 Å². The number of hydrogen-bond donors (Lipinski definition) is 2. The van der Waals surface area contributed by atoms with Crippen molar-refractivity contribution in [3.8, 4) is 27.8 Å². The topological polar surface area (TPSA) is 126 Å². The molecule has 0 unspecified atom stereocenters. The van der Waals surface area contributed by atoms with E-state index in [1.54, 1.807) is 17.6 Å². The average molecular weight is 371 g/mol. The summed E-state index contributed by atoms with van der Waals surface area (Å²) >= 11 is 1.35. The van der Waals surface area contributed by atoms with Gasteiger partial charge in [-0.1, -0.05) is 6.07 Å². The van der Waals surface area contributed by atoms with Crippen molar-refractivity contribution in [2.45, 2.75) is 6.92 Å². The number of nitrogen functional groups attached to an aromatic ring is 1. The van der Waals surface area contributed by atoms with Crippen molar-refractivity contribution in [2.24, 2.45) is 5.73 Å². The molecule has 0 saturated heterocycles. The van der Waals surface area contributed by atoms with Crippen molar-refractivity contribution in [3.05, 3.63) is 41.0 Å². The largest absolute Gasteiger partial charge is 0.468 e. The SMILES string of the molecule is COCOc1ccc(C)c(-c2nc(-c3nccs3)nc(C(N)=O)c2N)c1. The first-order valence-electron chi connectivity index (χ1n) is 7.61. The highest BCUT2D eigenvalue weighted by atomic mass is 32.1. The molecule has 0 aliphatic heterocycles. The average Bonchev–Trinajstić information content (AvgIpc) is 3.16. The molecule has 1 aromatic carbocycles. The van der Waals surface area contributed by atoms with Gasteiger partial charge in [-0.05, 0) is 24.6 Å². The highest BCUT2D eigenvalue weighted by molar-refractivity contribution is 7.13. The summed E-state index contributed by atoms with van der Waals surface area (Å²) < 4.78 is 10.4. The fourth-order valence-electron chi connectivity index (χ4n) is 2.37. The van der Waals surface area contributed by atoms with Gasteiger partial charge in [0.1, 0.15) is 5.75 Å². The van der Waals surface area contributed by atoms with Crippen molar-refractivity contribution >= 4 is 22.9 Å². The van der Waals surface area contributed by atoms with E-state index in [1.165, 1.54) is 18.4 Å². The van der Waals surface area contributed by atoms with Gasteiger partial charge >= 0.3 is 0 Å². The highest BCUT2D eigenvalue weighted by Crippen LogP contribution is 2.33. The first kappa shape index (κ1) is 17.8. The van der Waals surface area contributed by atoms with E-state index in [0.717, 1.165) is 5.56 Å². The molecular formula is C17H17N5O3S. The maximum Gasteiger partial charge on any atom is 0.269 e. The number of anilines is 1. The van der Waals surface area contributed by atoms with Gasteiger partial charge in [0.05, 0.1) is 11.4 Å². The van der Waals surface area contributed by atoms with Gasteiger partial charge in [0.25, 0.3) is 5.91 Å². The molecule has 134 valence electrons. The summed E-state index contributed by atoms with van der Waals surface area (Å²) in [6.45, 7) is 2.02. The summed E-state index contributed by atoms with van der Waals surface area (Å²) in [6, 6.07) is 5.46. The molecule has 0 saturated carbocycles. The molecule has 0 atom stereocenters. The van der Waals surface area contributed by atoms with Crippen LogP contribution in [0.2, 0.25) is 0 Å². The number of carbonyl (C=O) groups excluding carboxylic acids is 1. The number of rotatable bonds is 6. The van der Waals surface area contributed by atoms with Crippen molar-refractivity contribution in [1.29, 1.82) is 0 Å². The van der Waals surface area contributed by atoms with Crippen LogP contribution in [0.4, 0.5) is 5.69 Å². The first-order valence-corrected chi connectivity index (χ1v) is 8.49. The van der Waals surface area contributed by atoms with Crippen LogP contribution < -0.4 is 16.2 Å². The number of carbonyl (C=O) groups is 1. The molecule has 0 fully saturated rings. The molecule has 0 aliphatic carbocycles. The molecule has 1 amide bonds. The lowest BCUT2D eigenvalue weighted by Crippen LogP contribution is -2.18. The number of aryl methyl sites for hydroxylation is 1. The molecule has 3 rings (SSSR count). The lowest BCUT2D eigenvalue weighted by molar-refractivity contribution is 0.0511. The van der Waals surface area contributed by atoms with Gasteiger partial charge in [0, 0.05) is 24.3 Å². The monoisotopic (exact) mass is 371 g/mol. The number of aromatic nitrogens is 3. The van der Waals surface area contributed by atoms with E-state index in [9.17, 15) is 4.79 Å². The number of nitrogens with zero attached hydrogens (tertiary/aromatic N) is 3. The van der Waals surface area contributed by atoms with Gasteiger partial charge in [-0.25, -0.2) is 15.0 Å². The zero-order valence-electron chi connectivity index (χ0n) is 14.2. The van der Waals surface area contributed by atoms with Crippen LogP contribution in [0, 0.1) is 6.92 Å². The molecule has 2 aromatic heterocycles. The van der Waals surface area contributed by atoms with Gasteiger partial charge in [0.15, 0.2) is 23.3 Å². The zero-order valence-corrected chi connectivity index (χ0v) is 15.0. The Hall–Kier alpha value is -3.04. The molecule has 26 heavy (non-hydrogen) atoms. The standard InChI is InChI=1S/C17H17N5O3S/c1-9-3-4-10(25-8-24-2)7-11(9)13-12(18)14(15(19)23)22-16(21-13)17-20-5-6-26-17/h3-7H,8,18H2,1-2H3,(H2,19,23). The van der Waals surface area contributed by atoms with Gasteiger partial charge in [-0.3, -0.25) is 4.79 Å². The van der Waals surface area contributed by atoms with E-state index >= 15 is 0 Å². The number of methoxy groups -OCH3 is 1. The molecule has 3 aromatic rings. The highest BCUT2D eigenvalue weighted by Gasteiger charge is 2.20. The van der Waals surface area contributed by atoms with E-state index in [4.69, 9.17) is 20.9 Å². The van der Waals surface area contributed by atoms with Crippen LogP contribution in [-0.2, 0) is 4.74 Å². The van der Waals surface area contributed by atoms with E-state index in [-0.39, 0.29) is 18.2 Å². The maximum atomic E-state index is 11.8. The molecule has 9 heteroatoms. The van der Waals surface area contributed by atoms with Crippen LogP contribution in [0.1, 0.15) is 16.1 Å². The smallest absolute Gasteiger partial charge is 0.269 e. The second kappa shape index (κ2) is 7.46. The van der Waals surface area contributed by atoms with Crippen LogP contribution in [0.15, 0.2) is 29.8 Å². The third-order valence-electron chi connectivity index (χ3n) is 3.61. The molecule has 0 spiro atoms. The third kappa shape index (κ3) is 3.48. The number of amides is 1. The predicted molar refractivity (Wildman–Crippen MR) is 98.7 cm³/mol. The Morgan fingerprint density at radius 2 is 2.12 bits per heavy atom. The summed E-state index contributed by atoms with van der Waals surface area (Å²) in [6.07, 6.45) is 1.63. The van der Waals surface area contributed by atoms with E-state index in [0.29, 0.717) is 27.8 Å². The van der Waals surface area contributed by atoms with Crippen LogP contribution in [0.5, 0.6) is 5.75 Å². The van der Waals surface area contributed by atoms with Crippen molar-refractivity contribution < 1.29 is 14.3 Å². The Morgan fingerprint density at radius 3 is 2.77 bits per heavy atom. The van der Waals surface area contributed by atoms with Gasteiger partial charge < -0.3 is 20.9 Å². The summed E-state index contributed by atoms with van der Waals surface area (Å²) in [5.74, 6) is 0.149. The molecule has 0 aliphatic rings. The van der Waals surface area contributed by atoms with E-state index in [2.05, 4.69) is 15.0 Å². The Balaban J connectivity index is 2.19. The molecule has 0 bridgehead atoms. The summed E-state index contributed by atoms with van der Waals surface area (Å²) in [5.41, 5.74) is 13.7. The van der Waals surface area contributed by atoms with Crippen LogP contribution in [0.3, 0.4) is 0 Å². The Bertz CT molecular complexity index is 944. The lowest BCUT2D eigenvalue weighted by Gasteiger charge is -2.13. The van der Waals surface area contributed by atoms with Gasteiger partial charge in [-0.2, -0.15) is 0 Å². The zero-order chi connectivity index (χ0) is 18.7. The van der Waals surface area contributed by atoms with Crippen molar-refractivity contribution in [1.82, 2.24) is 15.0 Å². The number of benzene rings is 1. The normalized spacial score (nSPS) is 10.7. The number of nitrogens with two attached hydrogens (primary N) is 2. The minimum atomic E-state index is -0.728. The fourth-order valence-corrected chi connectivity index (χ4v) is 2.93. The molecule has 2 heterocycles. The lowest BCUT2D eigenvalue weighted by atomic mass is 10.0. The predicted octanol–water partition coefficient (Wildman–Crippen LogP) is 2.24. The second-order valence-corrected chi connectivity index (χ2v) is 6.28.